The van der Waals surface area contributed by atoms with Crippen LogP contribution in [-0.2, 0) is 14.4 Å². The van der Waals surface area contributed by atoms with E-state index in [-0.39, 0.29) is 5.78 Å². The monoisotopic (exact) mass is 291 g/mol. The second kappa shape index (κ2) is 6.16. The summed E-state index contributed by atoms with van der Waals surface area (Å²) in [5.41, 5.74) is 0.618. The van der Waals surface area contributed by atoms with E-state index in [0.29, 0.717) is 12.1 Å². The van der Waals surface area contributed by atoms with Gasteiger partial charge < -0.3 is 4.90 Å². The van der Waals surface area contributed by atoms with Crippen LogP contribution in [-0.4, -0.2) is 28.9 Å². The number of amides is 1. The second-order valence-electron chi connectivity index (χ2n) is 5.30. The molecule has 0 aliphatic carbocycles. The van der Waals surface area contributed by atoms with E-state index in [4.69, 9.17) is 0 Å². The van der Waals surface area contributed by atoms with Crippen molar-refractivity contribution in [1.29, 1.82) is 0 Å². The first-order valence-corrected chi connectivity index (χ1v) is 7.08. The van der Waals surface area contributed by atoms with Crippen LogP contribution in [0.15, 0.2) is 24.3 Å². The molecule has 1 aromatic carbocycles. The van der Waals surface area contributed by atoms with Crippen molar-refractivity contribution in [3.05, 3.63) is 35.6 Å². The third kappa shape index (κ3) is 2.86. The topological polar surface area (TPSA) is 54.5 Å². The largest absolute Gasteiger partial charge is 0.328 e. The lowest BCUT2D eigenvalue weighted by Gasteiger charge is -2.26. The molecule has 0 saturated carbocycles. The first kappa shape index (κ1) is 15.4. The van der Waals surface area contributed by atoms with E-state index in [1.807, 2.05) is 6.92 Å². The molecule has 0 aromatic heterocycles. The Kier molecular flexibility index (Phi) is 4.50. The van der Waals surface area contributed by atoms with Crippen molar-refractivity contribution >= 4 is 17.5 Å². The summed E-state index contributed by atoms with van der Waals surface area (Å²) in [4.78, 5) is 37.5. The highest BCUT2D eigenvalue weighted by Crippen LogP contribution is 2.36. The number of rotatable bonds is 5. The normalized spacial score (nSPS) is 22.0. The SMILES string of the molecule is CCCCN1C(=O)C(=O)C(C(C)=O)C1c1ccc(F)cc1. The van der Waals surface area contributed by atoms with Crippen LogP contribution < -0.4 is 0 Å². The van der Waals surface area contributed by atoms with E-state index in [2.05, 4.69) is 0 Å². The van der Waals surface area contributed by atoms with Gasteiger partial charge in [-0.2, -0.15) is 0 Å². The van der Waals surface area contributed by atoms with Crippen LogP contribution in [0.5, 0.6) is 0 Å². The zero-order valence-corrected chi connectivity index (χ0v) is 12.1. The van der Waals surface area contributed by atoms with Crippen molar-refractivity contribution in [3.8, 4) is 0 Å². The van der Waals surface area contributed by atoms with Crippen LogP contribution in [0.3, 0.4) is 0 Å². The molecule has 0 radical (unpaired) electrons. The molecule has 1 amide bonds. The molecule has 0 N–H and O–H groups in total. The Labute approximate surface area is 122 Å². The quantitative estimate of drug-likeness (QED) is 0.618. The number of unbranched alkanes of at least 4 members (excludes halogenated alkanes) is 1. The molecular formula is C16H18FNO3. The molecule has 2 atom stereocenters. The minimum absolute atomic E-state index is 0.332. The number of nitrogens with zero attached hydrogens (tertiary/aromatic N) is 1. The van der Waals surface area contributed by atoms with Gasteiger partial charge >= 0.3 is 0 Å². The Morgan fingerprint density at radius 2 is 1.86 bits per heavy atom. The smallest absolute Gasteiger partial charge is 0.291 e. The Morgan fingerprint density at radius 1 is 1.24 bits per heavy atom. The van der Waals surface area contributed by atoms with Gasteiger partial charge in [-0.15, -0.1) is 0 Å². The van der Waals surface area contributed by atoms with E-state index in [1.165, 1.54) is 36.1 Å². The molecule has 0 bridgehead atoms. The fourth-order valence-electron chi connectivity index (χ4n) is 2.73. The van der Waals surface area contributed by atoms with Gasteiger partial charge in [-0.05, 0) is 31.0 Å². The zero-order chi connectivity index (χ0) is 15.6. The van der Waals surface area contributed by atoms with E-state index in [1.54, 1.807) is 0 Å². The maximum Gasteiger partial charge on any atom is 0.291 e. The zero-order valence-electron chi connectivity index (χ0n) is 12.1. The number of Topliss-reactive ketones (excluding diaryl/α,β-unsaturated/α-hetero) is 2. The van der Waals surface area contributed by atoms with E-state index in [0.717, 1.165) is 12.8 Å². The maximum atomic E-state index is 13.1. The summed E-state index contributed by atoms with van der Waals surface area (Å²) < 4.78 is 13.1. The highest BCUT2D eigenvalue weighted by Gasteiger charge is 2.49. The fourth-order valence-corrected chi connectivity index (χ4v) is 2.73. The van der Waals surface area contributed by atoms with Crippen molar-refractivity contribution in [2.24, 2.45) is 5.92 Å². The van der Waals surface area contributed by atoms with Gasteiger partial charge in [0, 0.05) is 6.54 Å². The summed E-state index contributed by atoms with van der Waals surface area (Å²) >= 11 is 0. The predicted octanol–water partition coefficient (Wildman–Crippen LogP) is 2.28. The summed E-state index contributed by atoms with van der Waals surface area (Å²) in [6.07, 6.45) is 1.63. The van der Waals surface area contributed by atoms with E-state index >= 15 is 0 Å². The lowest BCUT2D eigenvalue weighted by Crippen LogP contribution is -2.31. The molecule has 2 unspecified atom stereocenters. The van der Waals surface area contributed by atoms with Crippen LogP contribution in [0.2, 0.25) is 0 Å². The second-order valence-corrected chi connectivity index (χ2v) is 5.30. The minimum atomic E-state index is -0.986. The van der Waals surface area contributed by atoms with Gasteiger partial charge in [0.15, 0.2) is 0 Å². The van der Waals surface area contributed by atoms with Crippen LogP contribution in [0.25, 0.3) is 0 Å². The number of carbonyl (C=O) groups is 3. The van der Waals surface area contributed by atoms with Crippen LogP contribution >= 0.6 is 0 Å². The lowest BCUT2D eigenvalue weighted by molar-refractivity contribution is -0.142. The van der Waals surface area contributed by atoms with Crippen LogP contribution in [0, 0.1) is 11.7 Å². The number of hydrogen-bond donors (Lipinski definition) is 0. The van der Waals surface area contributed by atoms with Gasteiger partial charge in [0.05, 0.1) is 6.04 Å². The standard InChI is InChI=1S/C16H18FNO3/c1-3-4-9-18-14(11-5-7-12(17)8-6-11)13(10(2)19)15(20)16(18)21/h5-8,13-14H,3-4,9H2,1-2H3. The molecule has 1 aliphatic rings. The van der Waals surface area contributed by atoms with Crippen molar-refractivity contribution in [2.75, 3.05) is 6.54 Å². The third-order valence-electron chi connectivity index (χ3n) is 3.81. The summed E-state index contributed by atoms with van der Waals surface area (Å²) in [5, 5.41) is 0. The summed E-state index contributed by atoms with van der Waals surface area (Å²) in [5.74, 6) is -2.98. The fraction of sp³-hybridized carbons (Fsp3) is 0.438. The Bertz CT molecular complexity index is 567. The lowest BCUT2D eigenvalue weighted by atomic mass is 9.90. The molecule has 1 aliphatic heterocycles. The Balaban J connectivity index is 2.42. The highest BCUT2D eigenvalue weighted by molar-refractivity contribution is 6.42. The van der Waals surface area contributed by atoms with Gasteiger partial charge in [-0.25, -0.2) is 4.39 Å². The molecular weight excluding hydrogens is 273 g/mol. The first-order valence-electron chi connectivity index (χ1n) is 7.08. The average molecular weight is 291 g/mol. The summed E-state index contributed by atoms with van der Waals surface area (Å²) in [6, 6.07) is 4.99. The number of ketones is 2. The Hall–Kier alpha value is -2.04. The Morgan fingerprint density at radius 3 is 2.38 bits per heavy atom. The molecule has 4 nitrogen and oxygen atoms in total. The summed E-state index contributed by atoms with van der Waals surface area (Å²) in [7, 11) is 0. The molecule has 1 saturated heterocycles. The van der Waals surface area contributed by atoms with Crippen molar-refractivity contribution in [3.63, 3.8) is 0 Å². The number of benzene rings is 1. The number of halogens is 1. The molecule has 2 rings (SSSR count). The van der Waals surface area contributed by atoms with Crippen molar-refractivity contribution < 1.29 is 18.8 Å². The molecule has 21 heavy (non-hydrogen) atoms. The van der Waals surface area contributed by atoms with Gasteiger partial charge in [0.25, 0.3) is 5.91 Å². The number of hydrogen-bond acceptors (Lipinski definition) is 3. The van der Waals surface area contributed by atoms with E-state index < -0.39 is 29.5 Å². The summed E-state index contributed by atoms with van der Waals surface area (Å²) in [6.45, 7) is 3.72. The van der Waals surface area contributed by atoms with Crippen molar-refractivity contribution in [2.45, 2.75) is 32.7 Å². The van der Waals surface area contributed by atoms with Gasteiger partial charge in [-0.3, -0.25) is 14.4 Å². The van der Waals surface area contributed by atoms with Crippen molar-refractivity contribution in [1.82, 2.24) is 4.90 Å². The molecule has 5 heteroatoms. The molecule has 112 valence electrons. The predicted molar refractivity (Wildman–Crippen MR) is 74.9 cm³/mol. The van der Waals surface area contributed by atoms with Gasteiger partial charge in [-0.1, -0.05) is 25.5 Å². The maximum absolute atomic E-state index is 13.1. The molecule has 1 aromatic rings. The highest BCUT2D eigenvalue weighted by atomic mass is 19.1. The minimum Gasteiger partial charge on any atom is -0.328 e. The third-order valence-corrected chi connectivity index (χ3v) is 3.81. The van der Waals surface area contributed by atoms with E-state index in [9.17, 15) is 18.8 Å². The molecule has 1 fully saturated rings. The van der Waals surface area contributed by atoms with Gasteiger partial charge in [0.2, 0.25) is 5.78 Å². The van der Waals surface area contributed by atoms with Gasteiger partial charge in [0.1, 0.15) is 17.5 Å². The number of carbonyl (C=O) groups excluding carboxylic acids is 3. The molecule has 1 heterocycles. The first-order chi connectivity index (χ1) is 9.97. The number of likely N-dealkylation sites (tertiary alicyclic amines) is 1. The van der Waals surface area contributed by atoms with Crippen LogP contribution in [0.4, 0.5) is 4.39 Å². The molecule has 0 spiro atoms. The average Bonchev–Trinajstić information content (AvgIpc) is 2.70. The van der Waals surface area contributed by atoms with Crippen LogP contribution in [0.1, 0.15) is 38.3 Å².